The average molecular weight is 354 g/mol. The number of hydrogen-bond acceptors (Lipinski definition) is 4. The number of benzene rings is 2. The van der Waals surface area contributed by atoms with Crippen molar-refractivity contribution in [3.8, 4) is 11.4 Å². The van der Waals surface area contributed by atoms with Gasteiger partial charge >= 0.3 is 0 Å². The lowest BCUT2D eigenvalue weighted by atomic mass is 10.2. The van der Waals surface area contributed by atoms with E-state index in [1.54, 1.807) is 32.0 Å². The first kappa shape index (κ1) is 17.6. The van der Waals surface area contributed by atoms with Gasteiger partial charge in [-0.3, -0.25) is 4.79 Å². The first-order chi connectivity index (χ1) is 12.5. The summed E-state index contributed by atoms with van der Waals surface area (Å²) in [6, 6.07) is 11.6. The van der Waals surface area contributed by atoms with Gasteiger partial charge in [0.15, 0.2) is 5.69 Å². The fraction of sp³-hybridized carbons (Fsp3) is 0.211. The molecule has 0 fully saturated rings. The highest BCUT2D eigenvalue weighted by atomic mass is 19.1. The van der Waals surface area contributed by atoms with E-state index in [-0.39, 0.29) is 17.4 Å². The average Bonchev–Trinajstić information content (AvgIpc) is 2.98. The van der Waals surface area contributed by atoms with Crippen molar-refractivity contribution in [2.24, 2.45) is 0 Å². The Kier molecular flexibility index (Phi) is 4.97. The van der Waals surface area contributed by atoms with Gasteiger partial charge in [0.1, 0.15) is 11.6 Å². The van der Waals surface area contributed by atoms with Crippen LogP contribution < -0.4 is 10.1 Å². The Balaban J connectivity index is 1.89. The Hall–Kier alpha value is -3.22. The molecule has 3 aromatic rings. The maximum Gasteiger partial charge on any atom is 0.278 e. The fourth-order valence-electron chi connectivity index (χ4n) is 2.66. The molecule has 1 N–H and O–H groups in total. The molecule has 1 heterocycles. The monoisotopic (exact) mass is 354 g/mol. The molecular weight excluding hydrogens is 335 g/mol. The van der Waals surface area contributed by atoms with Gasteiger partial charge in [0.2, 0.25) is 0 Å². The van der Waals surface area contributed by atoms with Crippen LogP contribution in [-0.2, 0) is 0 Å². The maximum absolute atomic E-state index is 13.3. The predicted octanol–water partition coefficient (Wildman–Crippen LogP) is 3.67. The van der Waals surface area contributed by atoms with Gasteiger partial charge in [-0.1, -0.05) is 17.3 Å². The van der Waals surface area contributed by atoms with Crippen molar-refractivity contribution in [2.45, 2.75) is 20.8 Å². The number of rotatable bonds is 5. The van der Waals surface area contributed by atoms with E-state index in [0.29, 0.717) is 35.0 Å². The summed E-state index contributed by atoms with van der Waals surface area (Å²) < 4.78 is 20.4. The number of para-hydroxylation sites is 2. The second-order valence-electron chi connectivity index (χ2n) is 5.75. The third-order valence-corrected chi connectivity index (χ3v) is 3.93. The molecule has 0 bridgehead atoms. The number of nitrogens with one attached hydrogen (secondary N) is 1. The van der Waals surface area contributed by atoms with Gasteiger partial charge in [-0.25, -0.2) is 9.07 Å². The summed E-state index contributed by atoms with van der Waals surface area (Å²) in [7, 11) is 0. The van der Waals surface area contributed by atoms with Crippen LogP contribution in [0.4, 0.5) is 10.1 Å². The zero-order chi connectivity index (χ0) is 18.7. The summed E-state index contributed by atoms with van der Waals surface area (Å²) in [6.07, 6.45) is 0. The molecule has 0 unspecified atom stereocenters. The van der Waals surface area contributed by atoms with Gasteiger partial charge in [0.25, 0.3) is 5.91 Å². The lowest BCUT2D eigenvalue weighted by Gasteiger charge is -2.11. The predicted molar refractivity (Wildman–Crippen MR) is 96.4 cm³/mol. The Morgan fingerprint density at radius 3 is 2.73 bits per heavy atom. The normalized spacial score (nSPS) is 10.6. The third-order valence-electron chi connectivity index (χ3n) is 3.93. The van der Waals surface area contributed by atoms with Crippen molar-refractivity contribution in [2.75, 3.05) is 11.9 Å². The van der Waals surface area contributed by atoms with Crippen molar-refractivity contribution >= 4 is 11.6 Å². The number of carbonyl (C=O) groups excluding carboxylic acids is 1. The molecule has 0 atom stereocenters. The first-order valence-electron chi connectivity index (χ1n) is 8.23. The van der Waals surface area contributed by atoms with Gasteiger partial charge in [0.05, 0.1) is 23.7 Å². The van der Waals surface area contributed by atoms with Gasteiger partial charge in [-0.2, -0.15) is 0 Å². The lowest BCUT2D eigenvalue weighted by Crippen LogP contribution is -2.15. The minimum Gasteiger partial charge on any atom is -0.492 e. The highest BCUT2D eigenvalue weighted by Crippen LogP contribution is 2.25. The summed E-state index contributed by atoms with van der Waals surface area (Å²) in [6.45, 7) is 5.88. The molecule has 2 aromatic carbocycles. The van der Waals surface area contributed by atoms with Crippen LogP contribution >= 0.6 is 0 Å². The van der Waals surface area contributed by atoms with Crippen LogP contribution in [0.25, 0.3) is 5.69 Å². The number of amides is 1. The van der Waals surface area contributed by atoms with E-state index in [4.69, 9.17) is 4.74 Å². The van der Waals surface area contributed by atoms with E-state index in [2.05, 4.69) is 15.6 Å². The van der Waals surface area contributed by atoms with Gasteiger partial charge in [-0.15, -0.1) is 5.10 Å². The van der Waals surface area contributed by atoms with Crippen LogP contribution in [0, 0.1) is 19.7 Å². The minimum absolute atomic E-state index is 0.194. The van der Waals surface area contributed by atoms with Crippen LogP contribution in [0.5, 0.6) is 5.75 Å². The minimum atomic E-state index is -0.388. The van der Waals surface area contributed by atoms with Gasteiger partial charge in [0, 0.05) is 0 Å². The SMILES string of the molecule is CCOc1ccccc1NC(=O)c1nnn(-c2ccc(F)cc2C)c1C. The molecule has 134 valence electrons. The highest BCUT2D eigenvalue weighted by molar-refractivity contribution is 6.04. The zero-order valence-corrected chi connectivity index (χ0v) is 14.8. The third kappa shape index (κ3) is 3.42. The molecule has 0 saturated carbocycles. The summed E-state index contributed by atoms with van der Waals surface area (Å²) in [4.78, 5) is 12.6. The maximum atomic E-state index is 13.3. The van der Waals surface area contributed by atoms with Crippen molar-refractivity contribution in [1.29, 1.82) is 0 Å². The molecule has 0 spiro atoms. The molecule has 26 heavy (non-hydrogen) atoms. The molecule has 1 aromatic heterocycles. The van der Waals surface area contributed by atoms with E-state index in [9.17, 15) is 9.18 Å². The number of nitrogens with zero attached hydrogens (tertiary/aromatic N) is 3. The zero-order valence-electron chi connectivity index (χ0n) is 14.8. The molecule has 7 heteroatoms. The molecule has 6 nitrogen and oxygen atoms in total. The lowest BCUT2D eigenvalue weighted by molar-refractivity contribution is 0.102. The van der Waals surface area contributed by atoms with Gasteiger partial charge in [-0.05, 0) is 56.7 Å². The topological polar surface area (TPSA) is 69.0 Å². The van der Waals surface area contributed by atoms with Crippen molar-refractivity contribution < 1.29 is 13.9 Å². The molecular formula is C19H19FN4O2. The van der Waals surface area contributed by atoms with E-state index >= 15 is 0 Å². The number of aryl methyl sites for hydroxylation is 1. The van der Waals surface area contributed by atoms with Crippen LogP contribution in [0.1, 0.15) is 28.7 Å². The number of hydrogen-bond donors (Lipinski definition) is 1. The number of aromatic nitrogens is 3. The van der Waals surface area contributed by atoms with E-state index in [1.807, 2.05) is 19.1 Å². The summed E-state index contributed by atoms with van der Waals surface area (Å²) in [5.41, 5.74) is 2.69. The fourth-order valence-corrected chi connectivity index (χ4v) is 2.66. The smallest absolute Gasteiger partial charge is 0.278 e. The molecule has 0 radical (unpaired) electrons. The van der Waals surface area contributed by atoms with E-state index in [0.717, 1.165) is 0 Å². The molecule has 0 saturated heterocycles. The quantitative estimate of drug-likeness (QED) is 0.759. The molecule has 0 aliphatic carbocycles. The highest BCUT2D eigenvalue weighted by Gasteiger charge is 2.19. The van der Waals surface area contributed by atoms with Crippen molar-refractivity contribution in [3.63, 3.8) is 0 Å². The van der Waals surface area contributed by atoms with Crippen LogP contribution in [0.15, 0.2) is 42.5 Å². The van der Waals surface area contributed by atoms with Crippen LogP contribution in [-0.4, -0.2) is 27.5 Å². The standard InChI is InChI=1S/C19H19FN4O2/c1-4-26-17-8-6-5-7-15(17)21-19(25)18-13(3)24(23-22-18)16-10-9-14(20)11-12(16)2/h5-11H,4H2,1-3H3,(H,21,25). The van der Waals surface area contributed by atoms with Crippen molar-refractivity contribution in [1.82, 2.24) is 15.0 Å². The summed E-state index contributed by atoms with van der Waals surface area (Å²) in [5.74, 6) is -0.127. The molecule has 0 aliphatic heterocycles. The molecule has 3 rings (SSSR count). The van der Waals surface area contributed by atoms with Crippen molar-refractivity contribution in [3.05, 3.63) is 65.2 Å². The number of carbonyl (C=O) groups is 1. The van der Waals surface area contributed by atoms with E-state index in [1.165, 1.54) is 16.8 Å². The Bertz CT molecular complexity index is 952. The number of anilines is 1. The molecule has 1 amide bonds. The second kappa shape index (κ2) is 7.35. The summed E-state index contributed by atoms with van der Waals surface area (Å²) >= 11 is 0. The van der Waals surface area contributed by atoms with Crippen LogP contribution in [0.3, 0.4) is 0 Å². The number of halogens is 1. The Labute approximate surface area is 150 Å². The Morgan fingerprint density at radius 1 is 1.23 bits per heavy atom. The van der Waals surface area contributed by atoms with E-state index < -0.39 is 0 Å². The largest absolute Gasteiger partial charge is 0.492 e. The Morgan fingerprint density at radius 2 is 2.00 bits per heavy atom. The molecule has 0 aliphatic rings. The van der Waals surface area contributed by atoms with Gasteiger partial charge < -0.3 is 10.1 Å². The summed E-state index contributed by atoms with van der Waals surface area (Å²) in [5, 5.41) is 10.8. The number of ether oxygens (including phenoxy) is 1. The second-order valence-corrected chi connectivity index (χ2v) is 5.75. The van der Waals surface area contributed by atoms with Crippen LogP contribution in [0.2, 0.25) is 0 Å². The first-order valence-corrected chi connectivity index (χ1v) is 8.23.